The molecule has 1 aliphatic heterocycles. The number of hydrogen-bond acceptors (Lipinski definition) is 8. The van der Waals surface area contributed by atoms with Gasteiger partial charge in [0.2, 0.25) is 0 Å². The maximum absolute atomic E-state index is 13.4. The maximum Gasteiger partial charge on any atom is 0.425 e. The van der Waals surface area contributed by atoms with Crippen LogP contribution in [0.5, 0.6) is 0 Å². The first-order valence-electron chi connectivity index (χ1n) is 12.9. The predicted octanol–water partition coefficient (Wildman–Crippen LogP) is 6.76. The number of amides is 2. The lowest BCUT2D eigenvalue weighted by Crippen LogP contribution is -2.44. The van der Waals surface area contributed by atoms with Gasteiger partial charge in [-0.2, -0.15) is 10.00 Å². The van der Waals surface area contributed by atoms with Crippen LogP contribution in [0.4, 0.5) is 15.4 Å². The number of halogens is 1. The summed E-state index contributed by atoms with van der Waals surface area (Å²) < 4.78 is 25.3. The topological polar surface area (TPSA) is 105 Å². The quantitative estimate of drug-likeness (QED) is 0.385. The van der Waals surface area contributed by atoms with Gasteiger partial charge < -0.3 is 18.9 Å². The van der Waals surface area contributed by atoms with Crippen molar-refractivity contribution in [1.29, 1.82) is 0 Å². The van der Waals surface area contributed by atoms with Crippen LogP contribution in [0, 0.1) is 0 Å². The molecule has 0 aromatic carbocycles. The average molecular weight is 594 g/mol. The van der Waals surface area contributed by atoms with Crippen LogP contribution in [0.2, 0.25) is 0 Å². The number of hydrogen-bond donors (Lipinski definition) is 0. The molecule has 3 heterocycles. The molecular weight excluding hydrogens is 556 g/mol. The fourth-order valence-corrected chi connectivity index (χ4v) is 5.10. The molecule has 0 saturated carbocycles. The molecule has 2 aromatic rings. The van der Waals surface area contributed by atoms with E-state index in [1.54, 1.807) is 47.7 Å². The Hall–Kier alpha value is -2.50. The third-order valence-electron chi connectivity index (χ3n) is 6.11. The van der Waals surface area contributed by atoms with Gasteiger partial charge in [-0.15, -0.1) is 0 Å². The second kappa shape index (κ2) is 10.2. The zero-order valence-corrected chi connectivity index (χ0v) is 25.0. The Bertz CT molecular complexity index is 1240. The standard InChI is InChI=1S/C27H37BrN4O6/c1-16(2)32-20-18(17-9-11-27(12-10-17)35-13-14-36-27)15-29-22(19(20)21(28)30-32)31(23(33)37-25(3,4)5)24(34)38-26(6,7)8/h9,15-16H,10-14H2,1-8H3. The summed E-state index contributed by atoms with van der Waals surface area (Å²) in [6.07, 6.45) is 4.12. The van der Waals surface area contributed by atoms with E-state index in [2.05, 4.69) is 27.0 Å². The molecule has 1 spiro atoms. The van der Waals surface area contributed by atoms with Gasteiger partial charge in [-0.05, 0) is 83.3 Å². The van der Waals surface area contributed by atoms with Crippen LogP contribution in [-0.2, 0) is 18.9 Å². The molecule has 2 aromatic heterocycles. The summed E-state index contributed by atoms with van der Waals surface area (Å²) in [5.41, 5.74) is 1.02. The first kappa shape index (κ1) is 28.5. The van der Waals surface area contributed by atoms with E-state index < -0.39 is 29.2 Å². The maximum atomic E-state index is 13.4. The van der Waals surface area contributed by atoms with E-state index in [0.717, 1.165) is 34.4 Å². The monoisotopic (exact) mass is 592 g/mol. The van der Waals surface area contributed by atoms with Crippen molar-refractivity contribution >= 4 is 50.4 Å². The molecule has 10 nitrogen and oxygen atoms in total. The Morgan fingerprint density at radius 2 is 1.66 bits per heavy atom. The van der Waals surface area contributed by atoms with Crippen molar-refractivity contribution < 1.29 is 28.5 Å². The van der Waals surface area contributed by atoms with Crippen molar-refractivity contribution in [3.63, 3.8) is 0 Å². The highest BCUT2D eigenvalue weighted by molar-refractivity contribution is 9.10. The molecule has 1 aliphatic carbocycles. The van der Waals surface area contributed by atoms with Gasteiger partial charge in [-0.25, -0.2) is 14.6 Å². The number of carbonyl (C=O) groups excluding carboxylic acids is 2. The number of nitrogens with zero attached hydrogens (tertiary/aromatic N) is 4. The Kier molecular flexibility index (Phi) is 7.68. The number of anilines is 1. The third-order valence-corrected chi connectivity index (χ3v) is 6.66. The molecule has 1 fully saturated rings. The Morgan fingerprint density at radius 3 is 2.13 bits per heavy atom. The zero-order chi connectivity index (χ0) is 28.0. The Balaban J connectivity index is 1.88. The van der Waals surface area contributed by atoms with E-state index in [9.17, 15) is 9.59 Å². The minimum atomic E-state index is -0.883. The summed E-state index contributed by atoms with van der Waals surface area (Å²) >= 11 is 3.57. The Morgan fingerprint density at radius 1 is 1.08 bits per heavy atom. The van der Waals surface area contributed by atoms with E-state index in [1.807, 2.05) is 18.5 Å². The molecule has 4 rings (SSSR count). The highest BCUT2D eigenvalue weighted by atomic mass is 79.9. The molecule has 38 heavy (non-hydrogen) atoms. The molecule has 2 aliphatic rings. The SMILES string of the molecule is CC(C)n1nc(Br)c2c(N(C(=O)OC(C)(C)C)C(=O)OC(C)(C)C)ncc(C3=CCC4(CC3)OCCO4)c21. The van der Waals surface area contributed by atoms with Gasteiger partial charge in [0.25, 0.3) is 0 Å². The molecule has 1 saturated heterocycles. The summed E-state index contributed by atoms with van der Waals surface area (Å²) in [6.45, 7) is 15.6. The lowest BCUT2D eigenvalue weighted by molar-refractivity contribution is -0.159. The van der Waals surface area contributed by atoms with Crippen LogP contribution in [0.3, 0.4) is 0 Å². The van der Waals surface area contributed by atoms with Crippen LogP contribution >= 0.6 is 15.9 Å². The van der Waals surface area contributed by atoms with Crippen LogP contribution < -0.4 is 4.90 Å². The van der Waals surface area contributed by atoms with Crippen molar-refractivity contribution in [2.24, 2.45) is 0 Å². The van der Waals surface area contributed by atoms with Gasteiger partial charge in [-0.3, -0.25) is 4.68 Å². The van der Waals surface area contributed by atoms with Crippen molar-refractivity contribution in [3.8, 4) is 0 Å². The van der Waals surface area contributed by atoms with E-state index in [4.69, 9.17) is 24.0 Å². The molecule has 0 unspecified atom stereocenters. The van der Waals surface area contributed by atoms with Crippen molar-refractivity contribution in [2.75, 3.05) is 18.1 Å². The number of aromatic nitrogens is 3. The second-order valence-corrected chi connectivity index (χ2v) is 12.6. The van der Waals surface area contributed by atoms with Crippen LogP contribution in [0.25, 0.3) is 16.5 Å². The normalized spacial score (nSPS) is 17.7. The number of rotatable bonds is 3. The summed E-state index contributed by atoms with van der Waals surface area (Å²) in [5, 5.41) is 5.23. The minimum Gasteiger partial charge on any atom is -0.443 e. The van der Waals surface area contributed by atoms with Gasteiger partial charge in [-0.1, -0.05) is 6.08 Å². The first-order chi connectivity index (χ1) is 17.6. The molecule has 11 heteroatoms. The number of imide groups is 1. The van der Waals surface area contributed by atoms with E-state index >= 15 is 0 Å². The summed E-state index contributed by atoms with van der Waals surface area (Å²) in [4.78, 5) is 32.3. The van der Waals surface area contributed by atoms with Crippen molar-refractivity contribution in [2.45, 2.75) is 97.7 Å². The number of allylic oxidation sites excluding steroid dienone is 1. The summed E-state index contributed by atoms with van der Waals surface area (Å²) in [5.74, 6) is -0.472. The molecule has 0 bridgehead atoms. The van der Waals surface area contributed by atoms with Gasteiger partial charge in [0.05, 0.1) is 24.1 Å². The van der Waals surface area contributed by atoms with Gasteiger partial charge >= 0.3 is 12.2 Å². The Labute approximate surface area is 231 Å². The predicted molar refractivity (Wildman–Crippen MR) is 147 cm³/mol. The highest BCUT2D eigenvalue weighted by Crippen LogP contribution is 2.43. The minimum absolute atomic E-state index is 0.00802. The van der Waals surface area contributed by atoms with Crippen LogP contribution in [0.15, 0.2) is 16.9 Å². The molecule has 0 atom stereocenters. The summed E-state index contributed by atoms with van der Waals surface area (Å²) in [7, 11) is 0. The van der Waals surface area contributed by atoms with Crippen LogP contribution in [0.1, 0.15) is 86.3 Å². The number of fused-ring (bicyclic) bond motifs is 1. The molecule has 208 valence electrons. The molecule has 0 N–H and O–H groups in total. The van der Waals surface area contributed by atoms with Crippen LogP contribution in [-0.4, -0.2) is 57.2 Å². The lowest BCUT2D eigenvalue weighted by Gasteiger charge is -2.31. The third kappa shape index (κ3) is 5.89. The number of ether oxygens (including phenoxy) is 4. The smallest absolute Gasteiger partial charge is 0.425 e. The molecular formula is C27H37BrN4O6. The zero-order valence-electron chi connectivity index (χ0n) is 23.4. The van der Waals surface area contributed by atoms with E-state index in [-0.39, 0.29) is 11.9 Å². The average Bonchev–Trinajstić information content (AvgIpc) is 3.37. The van der Waals surface area contributed by atoms with Gasteiger partial charge in [0.1, 0.15) is 15.8 Å². The van der Waals surface area contributed by atoms with Crippen molar-refractivity contribution in [3.05, 3.63) is 22.4 Å². The highest BCUT2D eigenvalue weighted by Gasteiger charge is 2.40. The number of pyridine rings is 1. The summed E-state index contributed by atoms with van der Waals surface area (Å²) in [6, 6.07) is -0.00802. The number of carbonyl (C=O) groups is 2. The second-order valence-electron chi connectivity index (χ2n) is 11.9. The first-order valence-corrected chi connectivity index (χ1v) is 13.7. The van der Waals surface area contributed by atoms with Crippen molar-refractivity contribution in [1.82, 2.24) is 14.8 Å². The molecule has 2 amide bonds. The fourth-order valence-electron chi connectivity index (χ4n) is 4.57. The molecule has 0 radical (unpaired) electrons. The van der Waals surface area contributed by atoms with Gasteiger partial charge in [0, 0.05) is 30.6 Å². The van der Waals surface area contributed by atoms with E-state index in [0.29, 0.717) is 29.6 Å². The fraction of sp³-hybridized carbons (Fsp3) is 0.630. The van der Waals surface area contributed by atoms with E-state index in [1.165, 1.54) is 0 Å². The van der Waals surface area contributed by atoms with Gasteiger partial charge in [0.15, 0.2) is 11.6 Å². The largest absolute Gasteiger partial charge is 0.443 e. The lowest BCUT2D eigenvalue weighted by atomic mass is 9.89.